The van der Waals surface area contributed by atoms with Crippen molar-refractivity contribution in [3.8, 4) is 0 Å². The van der Waals surface area contributed by atoms with Crippen LogP contribution in [0.3, 0.4) is 0 Å². The van der Waals surface area contributed by atoms with Crippen molar-refractivity contribution in [2.24, 2.45) is 10.6 Å². The number of alkyl carbamates (subject to hydrolysis) is 1. The van der Waals surface area contributed by atoms with E-state index < -0.39 is 70.8 Å². The van der Waals surface area contributed by atoms with Crippen LogP contribution in [0.2, 0.25) is 0 Å². The van der Waals surface area contributed by atoms with E-state index in [1.54, 1.807) is 27.7 Å². The third-order valence-corrected chi connectivity index (χ3v) is 8.31. The molecule has 4 N–H and O–H groups in total. The molecule has 45 heavy (non-hydrogen) atoms. The van der Waals surface area contributed by atoms with E-state index >= 15 is 0 Å². The number of rotatable bonds is 12. The van der Waals surface area contributed by atoms with Gasteiger partial charge >= 0.3 is 6.09 Å². The van der Waals surface area contributed by atoms with Gasteiger partial charge in [-0.1, -0.05) is 39.3 Å². The number of hydrogen-bond acceptors (Lipinski definition) is 10. The lowest BCUT2D eigenvalue weighted by Crippen LogP contribution is -2.59. The molecule has 0 unspecified atom stereocenters. The van der Waals surface area contributed by atoms with Gasteiger partial charge in [0.2, 0.25) is 17.6 Å². The van der Waals surface area contributed by atoms with Crippen molar-refractivity contribution in [3.63, 3.8) is 0 Å². The van der Waals surface area contributed by atoms with Gasteiger partial charge in [0.05, 0.1) is 25.8 Å². The molecule has 15 nitrogen and oxygen atoms in total. The lowest BCUT2D eigenvalue weighted by Gasteiger charge is -2.35. The lowest BCUT2D eigenvalue weighted by molar-refractivity contribution is -0.144. The molecule has 0 bridgehead atoms. The Balaban J connectivity index is 1.56. The Morgan fingerprint density at radius 1 is 1.09 bits per heavy atom. The molecule has 5 amide bonds. The number of amides is 5. The maximum Gasteiger partial charge on any atom is 0.408 e. The van der Waals surface area contributed by atoms with Crippen LogP contribution in [0, 0.1) is 5.41 Å². The van der Waals surface area contributed by atoms with Gasteiger partial charge in [0.25, 0.3) is 11.8 Å². The number of carbonyl (C=O) groups is 6. The summed E-state index contributed by atoms with van der Waals surface area (Å²) in [5.74, 6) is -3.15. The Morgan fingerprint density at radius 3 is 2.42 bits per heavy atom. The highest BCUT2D eigenvalue weighted by molar-refractivity contribution is 6.39. The number of nitrogens with zero attached hydrogens (tertiary/aromatic N) is 2. The molecular formula is C30H46N6O9. The predicted molar refractivity (Wildman–Crippen MR) is 160 cm³/mol. The SMILES string of the molecule is CCC[C@H](NC(=O)[C@@H]1C[C@]2(CC(C(=O)NCC)=NO2)CN1C(=O)[C@@H](NC(=O)O[C@H]1CCOC1)C(C)(C)C)C(=O)C(=O)NC1CC1. The van der Waals surface area contributed by atoms with Crippen LogP contribution in [0.25, 0.3) is 0 Å². The average molecular weight is 635 g/mol. The standard InChI is InChI=1S/C30H46N6O9/c1-6-8-19(22(37)26(40)32-17-9-10-17)33-25(39)21-14-30(13-20(35-45-30)24(38)31-7-2)16-36(21)27(41)23(29(3,4)5)34-28(42)44-18-11-12-43-15-18/h17-19,21,23H,6-16H2,1-5H3,(H,31,38)(H,32,40)(H,33,39)(H,34,42)/t18-,19-,21-,23+,30+/m0/s1. The van der Waals surface area contributed by atoms with E-state index in [0.717, 1.165) is 12.8 Å². The van der Waals surface area contributed by atoms with Gasteiger partial charge in [-0.2, -0.15) is 0 Å². The second-order valence-corrected chi connectivity index (χ2v) is 13.3. The highest BCUT2D eigenvalue weighted by atomic mass is 16.7. The molecule has 0 radical (unpaired) electrons. The molecule has 3 heterocycles. The van der Waals surface area contributed by atoms with Gasteiger partial charge in [-0.05, 0) is 31.6 Å². The third kappa shape index (κ3) is 8.50. The molecule has 15 heteroatoms. The maximum absolute atomic E-state index is 14.3. The fourth-order valence-electron chi connectivity index (χ4n) is 5.71. The number of carbonyl (C=O) groups excluding carboxylic acids is 6. The largest absolute Gasteiger partial charge is 0.444 e. The monoisotopic (exact) mass is 634 g/mol. The second-order valence-electron chi connectivity index (χ2n) is 13.3. The van der Waals surface area contributed by atoms with Crippen molar-refractivity contribution < 1.29 is 43.1 Å². The first-order valence-electron chi connectivity index (χ1n) is 15.8. The fourth-order valence-corrected chi connectivity index (χ4v) is 5.71. The summed E-state index contributed by atoms with van der Waals surface area (Å²) < 4.78 is 10.7. The second kappa shape index (κ2) is 14.1. The number of hydrogen-bond donors (Lipinski definition) is 4. The van der Waals surface area contributed by atoms with Gasteiger partial charge in [0.15, 0.2) is 5.60 Å². The van der Waals surface area contributed by atoms with Crippen molar-refractivity contribution in [1.82, 2.24) is 26.2 Å². The number of ketones is 1. The molecule has 5 atom stereocenters. The molecule has 1 aliphatic carbocycles. The maximum atomic E-state index is 14.3. The molecule has 1 saturated carbocycles. The van der Waals surface area contributed by atoms with Crippen LogP contribution < -0.4 is 21.3 Å². The molecule has 2 saturated heterocycles. The Morgan fingerprint density at radius 2 is 1.82 bits per heavy atom. The third-order valence-electron chi connectivity index (χ3n) is 8.31. The van der Waals surface area contributed by atoms with E-state index in [2.05, 4.69) is 26.4 Å². The van der Waals surface area contributed by atoms with Gasteiger partial charge in [0.1, 0.15) is 23.9 Å². The molecule has 0 aromatic rings. The molecule has 4 rings (SSSR count). The zero-order valence-electron chi connectivity index (χ0n) is 26.7. The molecule has 4 aliphatic rings. The fraction of sp³-hybridized carbons (Fsp3) is 0.767. The summed E-state index contributed by atoms with van der Waals surface area (Å²) in [5.41, 5.74) is -1.86. The number of ether oxygens (including phenoxy) is 2. The Labute approximate surface area is 262 Å². The van der Waals surface area contributed by atoms with E-state index in [4.69, 9.17) is 14.3 Å². The Hall–Kier alpha value is -3.75. The first-order valence-corrected chi connectivity index (χ1v) is 15.8. The van der Waals surface area contributed by atoms with Crippen LogP contribution in [0.15, 0.2) is 5.16 Å². The minimum atomic E-state index is -1.18. The van der Waals surface area contributed by atoms with Crippen molar-refractivity contribution in [1.29, 1.82) is 0 Å². The smallest absolute Gasteiger partial charge is 0.408 e. The van der Waals surface area contributed by atoms with Gasteiger partial charge in [0, 0.05) is 31.8 Å². The first-order chi connectivity index (χ1) is 21.3. The van der Waals surface area contributed by atoms with Crippen LogP contribution in [-0.2, 0) is 38.3 Å². The average Bonchev–Trinajstić information content (AvgIpc) is 3.34. The first kappa shape index (κ1) is 34.1. The number of oxime groups is 1. The molecule has 250 valence electrons. The van der Waals surface area contributed by atoms with E-state index in [9.17, 15) is 28.8 Å². The van der Waals surface area contributed by atoms with E-state index in [1.807, 2.05) is 6.92 Å². The predicted octanol–water partition coefficient (Wildman–Crippen LogP) is 0.301. The summed E-state index contributed by atoms with van der Waals surface area (Å²) in [6.07, 6.45) is 1.68. The van der Waals surface area contributed by atoms with Crippen LogP contribution in [-0.4, -0.2) is 108 Å². The summed E-state index contributed by atoms with van der Waals surface area (Å²) in [6.45, 7) is 9.91. The molecule has 0 aromatic carbocycles. The van der Waals surface area contributed by atoms with Gasteiger partial charge in [-0.3, -0.25) is 24.0 Å². The zero-order valence-corrected chi connectivity index (χ0v) is 26.7. The molecule has 3 aliphatic heterocycles. The van der Waals surface area contributed by atoms with Crippen LogP contribution in [0.4, 0.5) is 4.79 Å². The summed E-state index contributed by atoms with van der Waals surface area (Å²) in [6, 6.07) is -3.39. The van der Waals surface area contributed by atoms with Crippen molar-refractivity contribution in [2.45, 2.75) is 115 Å². The zero-order chi connectivity index (χ0) is 32.9. The lowest BCUT2D eigenvalue weighted by atomic mass is 9.85. The highest BCUT2D eigenvalue weighted by Crippen LogP contribution is 2.39. The van der Waals surface area contributed by atoms with Gasteiger partial charge in [-0.25, -0.2) is 4.79 Å². The number of Topliss-reactive ketones (excluding diaryl/α,β-unsaturated/α-hetero) is 1. The Kier molecular flexibility index (Phi) is 10.7. The van der Waals surface area contributed by atoms with Crippen molar-refractivity contribution in [2.75, 3.05) is 26.3 Å². The molecule has 1 spiro atoms. The van der Waals surface area contributed by atoms with E-state index in [1.165, 1.54) is 4.90 Å². The van der Waals surface area contributed by atoms with E-state index in [0.29, 0.717) is 26.0 Å². The topological polar surface area (TPSA) is 194 Å². The minimum Gasteiger partial charge on any atom is -0.444 e. The molecule has 0 aromatic heterocycles. The van der Waals surface area contributed by atoms with E-state index in [-0.39, 0.29) is 44.2 Å². The minimum absolute atomic E-state index is 0.0288. The molecular weight excluding hydrogens is 588 g/mol. The highest BCUT2D eigenvalue weighted by Gasteiger charge is 2.56. The van der Waals surface area contributed by atoms with Gasteiger partial charge < -0.3 is 40.5 Å². The van der Waals surface area contributed by atoms with Crippen LogP contribution in [0.1, 0.15) is 79.6 Å². The summed E-state index contributed by atoms with van der Waals surface area (Å²) in [5, 5.41) is 14.7. The number of likely N-dealkylation sites (tertiary alicyclic amines) is 1. The molecule has 3 fully saturated rings. The normalized spacial score (nSPS) is 25.5. The van der Waals surface area contributed by atoms with Crippen LogP contribution >= 0.6 is 0 Å². The van der Waals surface area contributed by atoms with Crippen LogP contribution in [0.5, 0.6) is 0 Å². The Bertz CT molecular complexity index is 1210. The van der Waals surface area contributed by atoms with Gasteiger partial charge in [-0.15, -0.1) is 0 Å². The summed E-state index contributed by atoms with van der Waals surface area (Å²) in [4.78, 5) is 86.2. The van der Waals surface area contributed by atoms with Crippen molar-refractivity contribution in [3.05, 3.63) is 0 Å². The number of nitrogens with one attached hydrogen (secondary N) is 4. The summed E-state index contributed by atoms with van der Waals surface area (Å²) >= 11 is 0. The quantitative estimate of drug-likeness (QED) is 0.219. The van der Waals surface area contributed by atoms with Crippen molar-refractivity contribution >= 4 is 41.2 Å². The summed E-state index contributed by atoms with van der Waals surface area (Å²) in [7, 11) is 0.